The number of carbonyl (C=O) groups is 2. The fourth-order valence-corrected chi connectivity index (χ4v) is 4.83. The van der Waals surface area contributed by atoms with E-state index in [0.29, 0.717) is 24.1 Å². The summed E-state index contributed by atoms with van der Waals surface area (Å²) in [4.78, 5) is 34.4. The average molecular weight is 470 g/mol. The molecule has 34 heavy (non-hydrogen) atoms. The maximum absolute atomic E-state index is 12.6. The third kappa shape index (κ3) is 4.39. The van der Waals surface area contributed by atoms with Crippen molar-refractivity contribution >= 4 is 23.4 Å². The van der Waals surface area contributed by atoms with Crippen LogP contribution in [0.3, 0.4) is 0 Å². The summed E-state index contributed by atoms with van der Waals surface area (Å²) in [6, 6.07) is 25.3. The number of H-pyrrole nitrogens is 1. The Morgan fingerprint density at radius 1 is 0.824 bits per heavy atom. The van der Waals surface area contributed by atoms with Gasteiger partial charge in [0.2, 0.25) is 0 Å². The zero-order valence-corrected chi connectivity index (χ0v) is 19.3. The van der Waals surface area contributed by atoms with Gasteiger partial charge in [0, 0.05) is 42.2 Å². The van der Waals surface area contributed by atoms with Crippen LogP contribution < -0.4 is 0 Å². The number of nitrogens with one attached hydrogen (secondary N) is 1. The van der Waals surface area contributed by atoms with Gasteiger partial charge in [-0.3, -0.25) is 14.5 Å². The van der Waals surface area contributed by atoms with Gasteiger partial charge in [-0.25, -0.2) is 4.98 Å². The lowest BCUT2D eigenvalue weighted by atomic mass is 9.87. The van der Waals surface area contributed by atoms with E-state index >= 15 is 0 Å². The minimum absolute atomic E-state index is 0.154. The lowest BCUT2D eigenvalue weighted by Gasteiger charge is -2.19. The number of halogens is 1. The highest BCUT2D eigenvalue weighted by Gasteiger charge is 2.34. The maximum Gasteiger partial charge on any atom is 0.261 e. The predicted octanol–water partition coefficient (Wildman–Crippen LogP) is 5.67. The summed E-state index contributed by atoms with van der Waals surface area (Å²) in [5, 5.41) is 0.762. The molecule has 2 heterocycles. The van der Waals surface area contributed by atoms with Crippen molar-refractivity contribution < 1.29 is 9.59 Å². The Kier molecular flexibility index (Phi) is 6.28. The van der Waals surface area contributed by atoms with E-state index in [9.17, 15) is 9.59 Å². The molecule has 1 atom stereocenters. The maximum atomic E-state index is 12.6. The van der Waals surface area contributed by atoms with Crippen molar-refractivity contribution in [2.45, 2.75) is 25.2 Å². The molecule has 1 unspecified atom stereocenters. The van der Waals surface area contributed by atoms with E-state index in [1.165, 1.54) is 10.5 Å². The summed E-state index contributed by atoms with van der Waals surface area (Å²) in [7, 11) is 0. The van der Waals surface area contributed by atoms with Crippen molar-refractivity contribution in [2.75, 3.05) is 6.54 Å². The van der Waals surface area contributed by atoms with E-state index in [4.69, 9.17) is 11.6 Å². The van der Waals surface area contributed by atoms with E-state index in [1.54, 1.807) is 30.5 Å². The molecule has 0 aliphatic carbocycles. The number of benzene rings is 3. The Hall–Kier alpha value is -3.70. The molecule has 1 aliphatic heterocycles. The van der Waals surface area contributed by atoms with Gasteiger partial charge in [0.05, 0.1) is 11.1 Å². The summed E-state index contributed by atoms with van der Waals surface area (Å²) < 4.78 is 0. The molecule has 0 bridgehead atoms. The smallest absolute Gasteiger partial charge is 0.261 e. The molecule has 1 N–H and O–H groups in total. The zero-order chi connectivity index (χ0) is 23.5. The first kappa shape index (κ1) is 22.1. The van der Waals surface area contributed by atoms with E-state index < -0.39 is 0 Å². The highest BCUT2D eigenvalue weighted by atomic mass is 35.5. The largest absolute Gasteiger partial charge is 0.346 e. The summed E-state index contributed by atoms with van der Waals surface area (Å²) in [6.45, 7) is 0.320. The van der Waals surface area contributed by atoms with Crippen LogP contribution in [0.25, 0.3) is 0 Å². The Bertz CT molecular complexity index is 1300. The van der Waals surface area contributed by atoms with Gasteiger partial charge in [-0.15, -0.1) is 0 Å². The quantitative estimate of drug-likeness (QED) is 0.338. The van der Waals surface area contributed by atoms with Crippen molar-refractivity contribution in [3.05, 3.63) is 124 Å². The molecule has 6 heteroatoms. The average Bonchev–Trinajstić information content (AvgIpc) is 3.42. The van der Waals surface area contributed by atoms with Crippen molar-refractivity contribution in [1.82, 2.24) is 14.9 Å². The molecule has 5 nitrogen and oxygen atoms in total. The Morgan fingerprint density at radius 2 is 1.47 bits per heavy atom. The molecule has 0 radical (unpaired) electrons. The molecule has 0 saturated carbocycles. The first-order valence-corrected chi connectivity index (χ1v) is 11.8. The molecule has 1 aromatic heterocycles. The topological polar surface area (TPSA) is 66.1 Å². The molecule has 0 saturated heterocycles. The zero-order valence-electron chi connectivity index (χ0n) is 18.6. The van der Waals surface area contributed by atoms with Crippen LogP contribution in [0.2, 0.25) is 5.02 Å². The SMILES string of the molecule is O=C1c2ccccc2C(=O)N1CCc1cnc(CCC(c2ccccc2)c2ccccc2Cl)[nH]1. The molecule has 5 rings (SSSR count). The number of nitrogens with zero attached hydrogens (tertiary/aromatic N) is 2. The second-order valence-corrected chi connectivity index (χ2v) is 8.84. The Balaban J connectivity index is 1.25. The Labute approximate surface area is 203 Å². The minimum Gasteiger partial charge on any atom is -0.346 e. The fraction of sp³-hybridized carbons (Fsp3) is 0.179. The number of carbonyl (C=O) groups excluding carboxylic acids is 2. The Morgan fingerprint density at radius 3 is 2.18 bits per heavy atom. The van der Waals surface area contributed by atoms with Crippen LogP contribution in [0, 0.1) is 0 Å². The summed E-state index contributed by atoms with van der Waals surface area (Å²) in [5.74, 6) is 0.573. The summed E-state index contributed by atoms with van der Waals surface area (Å²) in [6.07, 6.45) is 3.92. The first-order valence-electron chi connectivity index (χ1n) is 11.4. The van der Waals surface area contributed by atoms with Gasteiger partial charge in [-0.1, -0.05) is 72.3 Å². The van der Waals surface area contributed by atoms with E-state index in [-0.39, 0.29) is 17.7 Å². The number of imide groups is 1. The molecule has 0 spiro atoms. The van der Waals surface area contributed by atoms with Gasteiger partial charge in [0.25, 0.3) is 11.8 Å². The summed E-state index contributed by atoms with van der Waals surface area (Å²) in [5.41, 5.74) is 4.18. The number of fused-ring (bicyclic) bond motifs is 1. The van der Waals surface area contributed by atoms with Crippen LogP contribution in [0.15, 0.2) is 85.1 Å². The van der Waals surface area contributed by atoms with Crippen molar-refractivity contribution in [1.29, 1.82) is 0 Å². The number of aromatic amines is 1. The van der Waals surface area contributed by atoms with Crippen LogP contribution in [-0.4, -0.2) is 33.2 Å². The second-order valence-electron chi connectivity index (χ2n) is 8.44. The highest BCUT2D eigenvalue weighted by molar-refractivity contribution is 6.31. The van der Waals surface area contributed by atoms with E-state index in [0.717, 1.165) is 34.9 Å². The number of rotatable bonds is 8. The molecular formula is C28H24ClN3O2. The summed E-state index contributed by atoms with van der Waals surface area (Å²) >= 11 is 6.53. The highest BCUT2D eigenvalue weighted by Crippen LogP contribution is 2.33. The van der Waals surface area contributed by atoms with Gasteiger partial charge in [0.1, 0.15) is 5.82 Å². The normalized spacial score (nSPS) is 13.9. The number of aromatic nitrogens is 2. The standard InChI is InChI=1S/C28H24ClN3O2/c29-25-13-7-6-10-22(25)21(19-8-2-1-3-9-19)14-15-26-30-18-20(31-26)16-17-32-27(33)23-11-4-5-12-24(23)28(32)34/h1-13,18,21H,14-17H2,(H,30,31). The molecule has 1 aliphatic rings. The molecule has 2 amide bonds. The minimum atomic E-state index is -0.231. The third-order valence-corrected chi connectivity index (χ3v) is 6.66. The third-order valence-electron chi connectivity index (χ3n) is 6.32. The molecule has 170 valence electrons. The van der Waals surface area contributed by atoms with Crippen molar-refractivity contribution in [2.24, 2.45) is 0 Å². The van der Waals surface area contributed by atoms with Crippen molar-refractivity contribution in [3.63, 3.8) is 0 Å². The van der Waals surface area contributed by atoms with Crippen LogP contribution in [-0.2, 0) is 12.8 Å². The van der Waals surface area contributed by atoms with Crippen LogP contribution in [0.5, 0.6) is 0 Å². The molecule has 3 aromatic carbocycles. The number of imidazole rings is 1. The molecule has 0 fully saturated rings. The molecular weight excluding hydrogens is 446 g/mol. The number of hydrogen-bond acceptors (Lipinski definition) is 3. The number of hydrogen-bond donors (Lipinski definition) is 1. The first-order chi connectivity index (χ1) is 16.6. The lowest BCUT2D eigenvalue weighted by Crippen LogP contribution is -2.31. The fourth-order valence-electron chi connectivity index (χ4n) is 4.56. The molecule has 4 aromatic rings. The van der Waals surface area contributed by atoms with Crippen molar-refractivity contribution in [3.8, 4) is 0 Å². The van der Waals surface area contributed by atoms with Crippen LogP contribution in [0.1, 0.15) is 55.7 Å². The van der Waals surface area contributed by atoms with Gasteiger partial charge in [0.15, 0.2) is 0 Å². The van der Waals surface area contributed by atoms with Gasteiger partial charge >= 0.3 is 0 Å². The lowest BCUT2D eigenvalue weighted by molar-refractivity contribution is 0.0656. The predicted molar refractivity (Wildman–Crippen MR) is 132 cm³/mol. The van der Waals surface area contributed by atoms with E-state index in [2.05, 4.69) is 28.2 Å². The van der Waals surface area contributed by atoms with Gasteiger partial charge in [-0.2, -0.15) is 0 Å². The van der Waals surface area contributed by atoms with Crippen LogP contribution in [0.4, 0.5) is 0 Å². The number of amides is 2. The van der Waals surface area contributed by atoms with Gasteiger partial charge in [-0.05, 0) is 35.7 Å². The van der Waals surface area contributed by atoms with E-state index in [1.807, 2.05) is 36.4 Å². The van der Waals surface area contributed by atoms with Gasteiger partial charge < -0.3 is 4.98 Å². The van der Waals surface area contributed by atoms with Crippen LogP contribution >= 0.6 is 11.6 Å². The monoisotopic (exact) mass is 469 g/mol. The number of aryl methyl sites for hydroxylation is 1. The second kappa shape index (κ2) is 9.65.